The number of nitrogen functional groups attached to an aromatic ring is 1. The molecule has 1 atom stereocenters. The summed E-state index contributed by atoms with van der Waals surface area (Å²) >= 11 is 2.87. The number of imidazole rings is 1. The van der Waals surface area contributed by atoms with Crippen molar-refractivity contribution in [1.29, 1.82) is 0 Å². The van der Waals surface area contributed by atoms with Gasteiger partial charge in [0.2, 0.25) is 0 Å². The van der Waals surface area contributed by atoms with Crippen molar-refractivity contribution in [2.24, 2.45) is 0 Å². The SMILES string of the molecule is Nc1nc2ccc(CNC(=O)c3cccn4c(C(=O)NC(CO)c5cccnc5)c(-c5ccsc5)nc34)cc2s1. The molecular formula is C28H23N7O3S2. The van der Waals surface area contributed by atoms with E-state index in [0.29, 0.717) is 34.1 Å². The van der Waals surface area contributed by atoms with Crippen molar-refractivity contribution in [3.05, 3.63) is 100 Å². The number of anilines is 1. The molecule has 0 saturated carbocycles. The minimum Gasteiger partial charge on any atom is -0.394 e. The normalized spacial score (nSPS) is 12.0. The lowest BCUT2D eigenvalue weighted by Crippen LogP contribution is -2.32. The zero-order valence-corrected chi connectivity index (χ0v) is 22.6. The maximum absolute atomic E-state index is 13.7. The summed E-state index contributed by atoms with van der Waals surface area (Å²) in [7, 11) is 0. The second-order valence-electron chi connectivity index (χ2n) is 8.97. The number of amides is 2. The highest BCUT2D eigenvalue weighted by molar-refractivity contribution is 7.22. The second-order valence-corrected chi connectivity index (χ2v) is 10.8. The van der Waals surface area contributed by atoms with Crippen LogP contribution in [0.5, 0.6) is 0 Å². The average Bonchev–Trinajstić information content (AvgIpc) is 3.72. The number of aliphatic hydroxyl groups excluding tert-OH is 1. The third kappa shape index (κ3) is 4.91. The Morgan fingerprint density at radius 1 is 1.10 bits per heavy atom. The number of aromatic nitrogens is 4. The Morgan fingerprint density at radius 2 is 2.00 bits per heavy atom. The summed E-state index contributed by atoms with van der Waals surface area (Å²) in [5, 5.41) is 20.1. The summed E-state index contributed by atoms with van der Waals surface area (Å²) in [6.45, 7) is -0.0160. The first-order chi connectivity index (χ1) is 19.5. The second kappa shape index (κ2) is 10.8. The van der Waals surface area contributed by atoms with E-state index in [1.807, 2.05) is 35.0 Å². The predicted octanol–water partition coefficient (Wildman–Crippen LogP) is 4.04. The Morgan fingerprint density at radius 3 is 2.77 bits per heavy atom. The molecule has 0 spiro atoms. The molecule has 0 bridgehead atoms. The van der Waals surface area contributed by atoms with Crippen molar-refractivity contribution in [3.8, 4) is 11.3 Å². The Labute approximate surface area is 236 Å². The Balaban J connectivity index is 1.33. The van der Waals surface area contributed by atoms with Crippen LogP contribution < -0.4 is 16.4 Å². The zero-order chi connectivity index (χ0) is 27.6. The standard InChI is InChI=1S/C28H23N7O3S2/c29-28-33-20-6-5-16(11-22(20)40-28)12-31-26(37)19-4-2-9-35-24(23(34-25(19)35)18-7-10-39-15-18)27(38)32-21(14-36)17-3-1-8-30-13-17/h1-11,13,15,21,36H,12,14H2,(H2,29,33)(H,31,37)(H,32,38). The van der Waals surface area contributed by atoms with Gasteiger partial charge in [0.25, 0.3) is 11.8 Å². The highest BCUT2D eigenvalue weighted by Gasteiger charge is 2.26. The van der Waals surface area contributed by atoms with Crippen molar-refractivity contribution in [3.63, 3.8) is 0 Å². The van der Waals surface area contributed by atoms with Crippen LogP contribution in [0.15, 0.2) is 77.9 Å². The largest absolute Gasteiger partial charge is 0.394 e. The van der Waals surface area contributed by atoms with Crippen LogP contribution in [0.1, 0.15) is 38.0 Å². The van der Waals surface area contributed by atoms with Gasteiger partial charge in [-0.25, -0.2) is 9.97 Å². The highest BCUT2D eigenvalue weighted by Crippen LogP contribution is 2.29. The van der Waals surface area contributed by atoms with Gasteiger partial charge in [-0.05, 0) is 52.9 Å². The fourth-order valence-electron chi connectivity index (χ4n) is 4.48. The van der Waals surface area contributed by atoms with Crippen LogP contribution in [0, 0.1) is 0 Å². The first-order valence-electron chi connectivity index (χ1n) is 12.3. The fourth-order valence-corrected chi connectivity index (χ4v) is 5.92. The van der Waals surface area contributed by atoms with E-state index in [4.69, 9.17) is 10.7 Å². The number of hydrogen-bond acceptors (Lipinski definition) is 9. The van der Waals surface area contributed by atoms with Crippen LogP contribution in [-0.4, -0.2) is 42.9 Å². The molecule has 0 saturated heterocycles. The van der Waals surface area contributed by atoms with Crippen LogP contribution in [0.3, 0.4) is 0 Å². The van der Waals surface area contributed by atoms with Crippen molar-refractivity contribution >= 4 is 55.5 Å². The molecule has 200 valence electrons. The van der Waals surface area contributed by atoms with Gasteiger partial charge < -0.3 is 21.5 Å². The topological polar surface area (TPSA) is 148 Å². The first kappa shape index (κ1) is 25.6. The van der Waals surface area contributed by atoms with E-state index in [1.165, 1.54) is 22.7 Å². The van der Waals surface area contributed by atoms with Crippen molar-refractivity contribution in [1.82, 2.24) is 30.0 Å². The number of fused-ring (bicyclic) bond motifs is 2. The lowest BCUT2D eigenvalue weighted by molar-refractivity contribution is 0.0908. The van der Waals surface area contributed by atoms with Gasteiger partial charge in [-0.2, -0.15) is 11.3 Å². The van der Waals surface area contributed by atoms with Gasteiger partial charge in [0.05, 0.1) is 28.4 Å². The molecule has 5 heterocycles. The number of benzene rings is 1. The van der Waals surface area contributed by atoms with Crippen LogP contribution in [0.25, 0.3) is 27.1 Å². The van der Waals surface area contributed by atoms with E-state index in [9.17, 15) is 14.7 Å². The lowest BCUT2D eigenvalue weighted by Gasteiger charge is -2.16. The number of carbonyl (C=O) groups is 2. The molecule has 0 fully saturated rings. The van der Waals surface area contributed by atoms with Crippen molar-refractivity contribution in [2.75, 3.05) is 12.3 Å². The Bertz CT molecular complexity index is 1830. The van der Waals surface area contributed by atoms with Crippen LogP contribution in [0.2, 0.25) is 0 Å². The highest BCUT2D eigenvalue weighted by atomic mass is 32.1. The van der Waals surface area contributed by atoms with E-state index in [-0.39, 0.29) is 18.2 Å². The van der Waals surface area contributed by atoms with E-state index in [2.05, 4.69) is 20.6 Å². The molecule has 5 aromatic heterocycles. The molecule has 0 aliphatic heterocycles. The van der Waals surface area contributed by atoms with Gasteiger partial charge in [-0.1, -0.05) is 23.5 Å². The van der Waals surface area contributed by atoms with E-state index < -0.39 is 11.9 Å². The molecule has 6 aromatic rings. The number of nitrogens with one attached hydrogen (secondary N) is 2. The number of thiazole rings is 1. The molecule has 40 heavy (non-hydrogen) atoms. The van der Waals surface area contributed by atoms with Gasteiger partial charge in [0.15, 0.2) is 10.8 Å². The number of pyridine rings is 2. The summed E-state index contributed by atoms with van der Waals surface area (Å²) in [6, 6.07) is 13.8. The van der Waals surface area contributed by atoms with Crippen molar-refractivity contribution < 1.29 is 14.7 Å². The van der Waals surface area contributed by atoms with E-state index in [1.54, 1.807) is 47.3 Å². The van der Waals surface area contributed by atoms with Crippen molar-refractivity contribution in [2.45, 2.75) is 12.6 Å². The molecule has 1 aromatic carbocycles. The summed E-state index contributed by atoms with van der Waals surface area (Å²) in [5.74, 6) is -0.766. The lowest BCUT2D eigenvalue weighted by atomic mass is 10.1. The number of nitrogens with zero attached hydrogens (tertiary/aromatic N) is 4. The molecule has 10 nitrogen and oxygen atoms in total. The van der Waals surface area contributed by atoms with E-state index >= 15 is 0 Å². The molecule has 0 aliphatic rings. The molecule has 5 N–H and O–H groups in total. The number of nitrogens with two attached hydrogens (primary N) is 1. The quantitative estimate of drug-likeness (QED) is 0.216. The molecule has 2 amide bonds. The fraction of sp³-hybridized carbons (Fsp3) is 0.107. The summed E-state index contributed by atoms with van der Waals surface area (Å²) in [6.07, 6.45) is 4.92. The van der Waals surface area contributed by atoms with Crippen LogP contribution in [-0.2, 0) is 6.54 Å². The van der Waals surface area contributed by atoms with Crippen LogP contribution in [0.4, 0.5) is 5.13 Å². The van der Waals surface area contributed by atoms with Gasteiger partial charge in [-0.3, -0.25) is 19.0 Å². The van der Waals surface area contributed by atoms with Gasteiger partial charge >= 0.3 is 0 Å². The summed E-state index contributed by atoms with van der Waals surface area (Å²) in [5.41, 5.74) is 10.3. The first-order valence-corrected chi connectivity index (χ1v) is 14.1. The zero-order valence-electron chi connectivity index (χ0n) is 20.9. The summed E-state index contributed by atoms with van der Waals surface area (Å²) in [4.78, 5) is 40.1. The molecular weight excluding hydrogens is 546 g/mol. The number of hydrogen-bond donors (Lipinski definition) is 4. The number of thiophene rings is 1. The Hall–Kier alpha value is -4.65. The maximum atomic E-state index is 13.7. The van der Waals surface area contributed by atoms with Gasteiger partial charge in [0, 0.05) is 36.1 Å². The number of aliphatic hydroxyl groups is 1. The number of carbonyl (C=O) groups excluding carboxylic acids is 2. The van der Waals surface area contributed by atoms with Crippen LogP contribution >= 0.6 is 22.7 Å². The average molecular weight is 570 g/mol. The predicted molar refractivity (Wildman–Crippen MR) is 155 cm³/mol. The minimum atomic E-state index is -0.667. The third-order valence-corrected chi connectivity index (χ3v) is 7.93. The molecule has 0 radical (unpaired) electrons. The molecule has 12 heteroatoms. The third-order valence-electron chi connectivity index (χ3n) is 6.40. The smallest absolute Gasteiger partial charge is 0.271 e. The Kier molecular flexibility index (Phi) is 6.95. The number of rotatable bonds is 8. The monoisotopic (exact) mass is 569 g/mol. The molecule has 0 aliphatic carbocycles. The van der Waals surface area contributed by atoms with Gasteiger partial charge in [0.1, 0.15) is 11.4 Å². The molecule has 1 unspecified atom stereocenters. The maximum Gasteiger partial charge on any atom is 0.271 e. The summed E-state index contributed by atoms with van der Waals surface area (Å²) < 4.78 is 2.56. The minimum absolute atomic E-state index is 0.263. The molecule has 6 rings (SSSR count). The van der Waals surface area contributed by atoms with E-state index in [0.717, 1.165) is 21.3 Å². The van der Waals surface area contributed by atoms with Gasteiger partial charge in [-0.15, -0.1) is 0 Å².